The Morgan fingerprint density at radius 2 is 0.563 bits per heavy atom. The molecule has 1 atom stereocenters. The Bertz CT molecular complexity index is 1320. The molecule has 410 valence electrons. The van der Waals surface area contributed by atoms with Crippen molar-refractivity contribution >= 4 is 17.9 Å². The van der Waals surface area contributed by atoms with Gasteiger partial charge in [0.25, 0.3) is 0 Å². The van der Waals surface area contributed by atoms with E-state index in [-0.39, 0.29) is 37.5 Å². The van der Waals surface area contributed by atoms with Gasteiger partial charge in [-0.1, -0.05) is 254 Å². The first-order valence-corrected chi connectivity index (χ1v) is 30.5. The second kappa shape index (κ2) is 59.4. The van der Waals surface area contributed by atoms with Gasteiger partial charge in [-0.3, -0.25) is 14.4 Å². The first kappa shape index (κ1) is 67.8. The lowest BCUT2D eigenvalue weighted by Crippen LogP contribution is -2.30. The minimum absolute atomic E-state index is 0.0975. The van der Waals surface area contributed by atoms with E-state index in [4.69, 9.17) is 14.2 Å². The third kappa shape index (κ3) is 57.6. The molecule has 0 aromatic heterocycles. The van der Waals surface area contributed by atoms with Crippen molar-refractivity contribution in [3.8, 4) is 0 Å². The molecular formula is C65H114O6. The monoisotopic (exact) mass is 991 g/mol. The van der Waals surface area contributed by atoms with Crippen LogP contribution in [0, 0.1) is 0 Å². The van der Waals surface area contributed by atoms with Crippen LogP contribution in [0.3, 0.4) is 0 Å². The molecule has 0 aliphatic carbocycles. The summed E-state index contributed by atoms with van der Waals surface area (Å²) in [6, 6.07) is 0. The Balaban J connectivity index is 4.44. The van der Waals surface area contributed by atoms with Crippen molar-refractivity contribution in [3.63, 3.8) is 0 Å². The van der Waals surface area contributed by atoms with Crippen LogP contribution >= 0.6 is 0 Å². The van der Waals surface area contributed by atoms with E-state index >= 15 is 0 Å². The SMILES string of the molecule is CCCCC/C=C\C=C/CCCCCCCCCCCCC(=O)OCC(COC(=O)CCCCCCCCC/C=C\CCCCCCCC)OC(=O)CCC/C=C\C/C=C\C/C=C\CCCCCCCC. The number of unbranched alkanes of at least 4 members (excludes halogenated alkanes) is 33. The summed E-state index contributed by atoms with van der Waals surface area (Å²) in [7, 11) is 0. The predicted molar refractivity (Wildman–Crippen MR) is 307 cm³/mol. The van der Waals surface area contributed by atoms with Crippen LogP contribution in [0.4, 0.5) is 0 Å². The number of hydrogen-bond acceptors (Lipinski definition) is 6. The fourth-order valence-corrected chi connectivity index (χ4v) is 8.56. The Hall–Kier alpha value is -3.15. The highest BCUT2D eigenvalue weighted by Gasteiger charge is 2.19. The van der Waals surface area contributed by atoms with Gasteiger partial charge in [-0.2, -0.15) is 0 Å². The van der Waals surface area contributed by atoms with Gasteiger partial charge in [0.05, 0.1) is 0 Å². The summed E-state index contributed by atoms with van der Waals surface area (Å²) < 4.78 is 16.9. The second-order valence-corrected chi connectivity index (χ2v) is 20.3. The van der Waals surface area contributed by atoms with Crippen molar-refractivity contribution in [1.29, 1.82) is 0 Å². The Labute approximate surface area is 440 Å². The number of hydrogen-bond donors (Lipinski definition) is 0. The highest BCUT2D eigenvalue weighted by Crippen LogP contribution is 2.15. The van der Waals surface area contributed by atoms with Crippen molar-refractivity contribution in [3.05, 3.63) is 72.9 Å². The van der Waals surface area contributed by atoms with Gasteiger partial charge >= 0.3 is 17.9 Å². The molecule has 71 heavy (non-hydrogen) atoms. The van der Waals surface area contributed by atoms with Gasteiger partial charge in [-0.25, -0.2) is 0 Å². The molecule has 0 aromatic rings. The Morgan fingerprint density at radius 1 is 0.296 bits per heavy atom. The lowest BCUT2D eigenvalue weighted by Gasteiger charge is -2.18. The van der Waals surface area contributed by atoms with E-state index in [0.29, 0.717) is 19.3 Å². The normalized spacial score (nSPS) is 12.5. The summed E-state index contributed by atoms with van der Waals surface area (Å²) in [5, 5.41) is 0. The molecule has 6 nitrogen and oxygen atoms in total. The van der Waals surface area contributed by atoms with Crippen LogP contribution in [0.1, 0.15) is 303 Å². The standard InChI is InChI=1S/C65H114O6/c1-4-7-10-13-16-19-22-25-28-31-32-35-37-40-43-46-49-52-55-58-64(67)70-61-62(71-65(68)59-56-53-50-47-44-41-38-34-30-27-24-21-18-15-12-9-6-3)60-69-63(66)57-54-51-48-45-42-39-36-33-29-26-23-20-17-14-11-8-5-2/h16,19,22,25-27,29-30,38,41,47,50,62H,4-15,17-18,20-21,23-24,28,31-37,39-40,42-46,48-49,51-61H2,1-3H3/b19-16-,25-22-,29-26-,30-27-,41-38-,50-47-. The van der Waals surface area contributed by atoms with Gasteiger partial charge in [-0.05, 0) is 103 Å². The number of esters is 3. The molecule has 6 heteroatoms. The Morgan fingerprint density at radius 3 is 0.958 bits per heavy atom. The van der Waals surface area contributed by atoms with E-state index in [2.05, 4.69) is 93.7 Å². The first-order chi connectivity index (χ1) is 35.0. The van der Waals surface area contributed by atoms with E-state index in [1.807, 2.05) is 0 Å². The molecule has 0 rings (SSSR count). The Kier molecular flexibility index (Phi) is 56.8. The summed E-state index contributed by atoms with van der Waals surface area (Å²) in [6.45, 7) is 6.58. The van der Waals surface area contributed by atoms with Gasteiger partial charge in [0.15, 0.2) is 6.10 Å². The van der Waals surface area contributed by atoms with E-state index < -0.39 is 6.10 Å². The molecule has 0 aromatic carbocycles. The molecular weight excluding hydrogens is 877 g/mol. The zero-order valence-corrected chi connectivity index (χ0v) is 47.0. The zero-order chi connectivity index (χ0) is 51.4. The molecule has 0 spiro atoms. The van der Waals surface area contributed by atoms with Gasteiger partial charge in [0.2, 0.25) is 0 Å². The van der Waals surface area contributed by atoms with Crippen molar-refractivity contribution in [1.82, 2.24) is 0 Å². The average molecular weight is 992 g/mol. The number of carbonyl (C=O) groups excluding carboxylic acids is 3. The molecule has 0 saturated carbocycles. The third-order valence-electron chi connectivity index (χ3n) is 13.2. The maximum Gasteiger partial charge on any atom is 0.306 e. The van der Waals surface area contributed by atoms with Crippen molar-refractivity contribution < 1.29 is 28.6 Å². The largest absolute Gasteiger partial charge is 0.462 e. The van der Waals surface area contributed by atoms with Crippen LogP contribution in [0.5, 0.6) is 0 Å². The molecule has 0 heterocycles. The predicted octanol–water partition coefficient (Wildman–Crippen LogP) is 20.5. The average Bonchev–Trinajstić information content (AvgIpc) is 3.37. The fourth-order valence-electron chi connectivity index (χ4n) is 8.56. The van der Waals surface area contributed by atoms with Crippen molar-refractivity contribution in [2.45, 2.75) is 309 Å². The number of ether oxygens (including phenoxy) is 3. The smallest absolute Gasteiger partial charge is 0.306 e. The summed E-state index contributed by atoms with van der Waals surface area (Å²) >= 11 is 0. The van der Waals surface area contributed by atoms with E-state index in [1.54, 1.807) is 0 Å². The molecule has 0 aliphatic rings. The quantitative estimate of drug-likeness (QED) is 0.0199. The second-order valence-electron chi connectivity index (χ2n) is 20.3. The first-order valence-electron chi connectivity index (χ1n) is 30.5. The third-order valence-corrected chi connectivity index (χ3v) is 13.2. The van der Waals surface area contributed by atoms with Crippen LogP contribution in [0.2, 0.25) is 0 Å². The van der Waals surface area contributed by atoms with Crippen LogP contribution in [0.25, 0.3) is 0 Å². The van der Waals surface area contributed by atoms with Gasteiger partial charge in [0.1, 0.15) is 13.2 Å². The topological polar surface area (TPSA) is 78.9 Å². The fraction of sp³-hybridized carbons (Fsp3) is 0.769. The zero-order valence-electron chi connectivity index (χ0n) is 47.0. The maximum absolute atomic E-state index is 12.9. The van der Waals surface area contributed by atoms with E-state index in [9.17, 15) is 14.4 Å². The van der Waals surface area contributed by atoms with Crippen LogP contribution in [-0.2, 0) is 28.6 Å². The molecule has 0 amide bonds. The van der Waals surface area contributed by atoms with Crippen molar-refractivity contribution in [2.24, 2.45) is 0 Å². The maximum atomic E-state index is 12.9. The molecule has 0 aliphatic heterocycles. The summed E-state index contributed by atoms with van der Waals surface area (Å²) in [6.07, 6.45) is 76.1. The number of allylic oxidation sites excluding steroid dienone is 12. The summed E-state index contributed by atoms with van der Waals surface area (Å²) in [5.74, 6) is -0.947. The van der Waals surface area contributed by atoms with E-state index in [1.165, 1.54) is 199 Å². The van der Waals surface area contributed by atoms with Crippen LogP contribution in [0.15, 0.2) is 72.9 Å². The van der Waals surface area contributed by atoms with Gasteiger partial charge in [0, 0.05) is 19.3 Å². The minimum atomic E-state index is -0.806. The van der Waals surface area contributed by atoms with Crippen molar-refractivity contribution in [2.75, 3.05) is 13.2 Å². The molecule has 0 fully saturated rings. The highest BCUT2D eigenvalue weighted by molar-refractivity contribution is 5.71. The number of rotatable bonds is 55. The van der Waals surface area contributed by atoms with Gasteiger partial charge < -0.3 is 14.2 Å². The lowest BCUT2D eigenvalue weighted by atomic mass is 10.1. The molecule has 0 saturated heterocycles. The molecule has 0 N–H and O–H groups in total. The minimum Gasteiger partial charge on any atom is -0.462 e. The summed E-state index contributed by atoms with van der Waals surface area (Å²) in [4.78, 5) is 38.2. The molecule has 0 radical (unpaired) electrons. The van der Waals surface area contributed by atoms with Crippen LogP contribution < -0.4 is 0 Å². The number of carbonyl (C=O) groups is 3. The summed E-state index contributed by atoms with van der Waals surface area (Å²) in [5.41, 5.74) is 0. The lowest BCUT2D eigenvalue weighted by molar-refractivity contribution is -0.167. The van der Waals surface area contributed by atoms with E-state index in [0.717, 1.165) is 57.8 Å². The van der Waals surface area contributed by atoms with Crippen LogP contribution in [-0.4, -0.2) is 37.2 Å². The molecule has 1 unspecified atom stereocenters. The highest BCUT2D eigenvalue weighted by atomic mass is 16.6. The van der Waals surface area contributed by atoms with Gasteiger partial charge in [-0.15, -0.1) is 0 Å². The molecule has 0 bridgehead atoms.